The molecule has 0 N–H and O–H groups in total. The topological polar surface area (TPSA) is 20.3 Å². The number of likely N-dealkylation sites (tertiary alicyclic amines) is 1. The highest BCUT2D eigenvalue weighted by Crippen LogP contribution is 2.35. The molecule has 2 unspecified atom stereocenters. The van der Waals surface area contributed by atoms with Crippen molar-refractivity contribution in [2.75, 3.05) is 6.54 Å². The van der Waals surface area contributed by atoms with Crippen molar-refractivity contribution in [3.8, 4) is 0 Å². The number of hydrogen-bond acceptors (Lipinski definition) is 1. The van der Waals surface area contributed by atoms with Crippen LogP contribution in [0.3, 0.4) is 0 Å². The molecule has 1 aliphatic heterocycles. The highest BCUT2D eigenvalue weighted by atomic mass is 79.9. The molecule has 3 heteroatoms. The highest BCUT2D eigenvalue weighted by molar-refractivity contribution is 9.10. The SMILES string of the molecule is CCC(Br)C(=O)N1CCCC1C1CCCCC1. The van der Waals surface area contributed by atoms with Crippen molar-refractivity contribution in [1.82, 2.24) is 4.90 Å². The molecule has 0 aromatic rings. The van der Waals surface area contributed by atoms with Crippen LogP contribution in [-0.2, 0) is 4.79 Å². The smallest absolute Gasteiger partial charge is 0.236 e. The second-order valence-electron chi connectivity index (χ2n) is 5.52. The molecular weight excluding hydrogens is 278 g/mol. The van der Waals surface area contributed by atoms with Gasteiger partial charge in [-0.15, -0.1) is 0 Å². The largest absolute Gasteiger partial charge is 0.338 e. The number of nitrogens with zero attached hydrogens (tertiary/aromatic N) is 1. The lowest BCUT2D eigenvalue weighted by molar-refractivity contribution is -0.132. The number of carbonyl (C=O) groups is 1. The molecule has 1 aliphatic carbocycles. The third-order valence-electron chi connectivity index (χ3n) is 4.40. The first kappa shape index (κ1) is 13.4. The summed E-state index contributed by atoms with van der Waals surface area (Å²) < 4.78 is 0. The highest BCUT2D eigenvalue weighted by Gasteiger charge is 2.36. The number of halogens is 1. The van der Waals surface area contributed by atoms with E-state index in [1.807, 2.05) is 0 Å². The Morgan fingerprint density at radius 1 is 1.24 bits per heavy atom. The lowest BCUT2D eigenvalue weighted by Crippen LogP contribution is -2.43. The molecule has 0 radical (unpaired) electrons. The molecule has 1 heterocycles. The van der Waals surface area contributed by atoms with E-state index in [9.17, 15) is 4.79 Å². The van der Waals surface area contributed by atoms with Gasteiger partial charge in [-0.3, -0.25) is 4.79 Å². The van der Waals surface area contributed by atoms with E-state index < -0.39 is 0 Å². The Balaban J connectivity index is 1.98. The van der Waals surface area contributed by atoms with Crippen LogP contribution in [-0.4, -0.2) is 28.2 Å². The van der Waals surface area contributed by atoms with Crippen molar-refractivity contribution < 1.29 is 4.79 Å². The van der Waals surface area contributed by atoms with Crippen molar-refractivity contribution in [1.29, 1.82) is 0 Å². The molecule has 2 fully saturated rings. The van der Waals surface area contributed by atoms with E-state index in [0.717, 1.165) is 18.9 Å². The average Bonchev–Trinajstić information content (AvgIpc) is 2.87. The molecule has 0 spiro atoms. The lowest BCUT2D eigenvalue weighted by atomic mass is 9.83. The van der Waals surface area contributed by atoms with Crippen LogP contribution in [0.25, 0.3) is 0 Å². The predicted octanol–water partition coefficient (Wildman–Crippen LogP) is 3.73. The third kappa shape index (κ3) is 3.04. The molecule has 98 valence electrons. The van der Waals surface area contributed by atoms with Gasteiger partial charge in [0.25, 0.3) is 0 Å². The minimum Gasteiger partial charge on any atom is -0.338 e. The monoisotopic (exact) mass is 301 g/mol. The zero-order chi connectivity index (χ0) is 12.3. The molecule has 2 aliphatic rings. The first-order chi connectivity index (χ1) is 8.24. The minimum atomic E-state index is 0.0340. The van der Waals surface area contributed by atoms with Gasteiger partial charge in [-0.1, -0.05) is 42.1 Å². The summed E-state index contributed by atoms with van der Waals surface area (Å²) in [5.41, 5.74) is 0. The van der Waals surface area contributed by atoms with Crippen LogP contribution >= 0.6 is 15.9 Å². The van der Waals surface area contributed by atoms with E-state index in [0.29, 0.717) is 11.9 Å². The number of alkyl halides is 1. The maximum Gasteiger partial charge on any atom is 0.236 e. The first-order valence-corrected chi connectivity index (χ1v) is 8.10. The average molecular weight is 302 g/mol. The van der Waals surface area contributed by atoms with Crippen molar-refractivity contribution in [2.24, 2.45) is 5.92 Å². The number of amides is 1. The van der Waals surface area contributed by atoms with E-state index in [2.05, 4.69) is 27.8 Å². The Bertz CT molecular complexity index is 263. The summed E-state index contributed by atoms with van der Waals surface area (Å²) in [4.78, 5) is 14.5. The van der Waals surface area contributed by atoms with Gasteiger partial charge >= 0.3 is 0 Å². The van der Waals surface area contributed by atoms with Crippen LogP contribution in [0.4, 0.5) is 0 Å². The maximum absolute atomic E-state index is 12.3. The van der Waals surface area contributed by atoms with Gasteiger partial charge in [0.05, 0.1) is 4.83 Å². The first-order valence-electron chi connectivity index (χ1n) is 7.18. The fourth-order valence-corrected chi connectivity index (χ4v) is 3.69. The maximum atomic E-state index is 12.3. The predicted molar refractivity (Wildman–Crippen MR) is 74.3 cm³/mol. The molecule has 0 bridgehead atoms. The van der Waals surface area contributed by atoms with Gasteiger partial charge in [0.1, 0.15) is 0 Å². The third-order valence-corrected chi connectivity index (χ3v) is 5.44. The molecule has 0 aromatic heterocycles. The normalized spacial score (nSPS) is 28.4. The summed E-state index contributed by atoms with van der Waals surface area (Å²) in [6, 6.07) is 0.550. The van der Waals surface area contributed by atoms with E-state index in [1.54, 1.807) is 0 Å². The molecule has 2 nitrogen and oxygen atoms in total. The second-order valence-corrected chi connectivity index (χ2v) is 6.62. The lowest BCUT2D eigenvalue weighted by Gasteiger charge is -2.35. The van der Waals surface area contributed by atoms with Crippen LogP contribution in [0, 0.1) is 5.92 Å². The number of hydrogen-bond donors (Lipinski definition) is 0. The van der Waals surface area contributed by atoms with E-state index in [4.69, 9.17) is 0 Å². The van der Waals surface area contributed by atoms with Gasteiger partial charge in [0.15, 0.2) is 0 Å². The number of rotatable bonds is 3. The van der Waals surface area contributed by atoms with Crippen LogP contribution in [0.2, 0.25) is 0 Å². The van der Waals surface area contributed by atoms with Crippen molar-refractivity contribution in [2.45, 2.75) is 69.2 Å². The zero-order valence-electron chi connectivity index (χ0n) is 10.8. The van der Waals surface area contributed by atoms with Gasteiger partial charge in [-0.05, 0) is 38.0 Å². The molecule has 2 rings (SSSR count). The van der Waals surface area contributed by atoms with Gasteiger partial charge in [0.2, 0.25) is 5.91 Å². The van der Waals surface area contributed by atoms with Crippen LogP contribution < -0.4 is 0 Å². The summed E-state index contributed by atoms with van der Waals surface area (Å²) in [5.74, 6) is 1.12. The molecule has 1 saturated heterocycles. The van der Waals surface area contributed by atoms with Gasteiger partial charge in [-0.2, -0.15) is 0 Å². The van der Waals surface area contributed by atoms with E-state index in [-0.39, 0.29) is 4.83 Å². The van der Waals surface area contributed by atoms with Crippen molar-refractivity contribution in [3.05, 3.63) is 0 Å². The molecule has 17 heavy (non-hydrogen) atoms. The van der Waals surface area contributed by atoms with Gasteiger partial charge < -0.3 is 4.90 Å². The Morgan fingerprint density at radius 2 is 1.94 bits per heavy atom. The van der Waals surface area contributed by atoms with Crippen molar-refractivity contribution in [3.63, 3.8) is 0 Å². The molecular formula is C14H24BrNO. The Labute approximate surface area is 113 Å². The fraction of sp³-hybridized carbons (Fsp3) is 0.929. The standard InChI is InChI=1S/C14H24BrNO/c1-2-12(15)14(17)16-10-6-9-13(16)11-7-4-3-5-8-11/h11-13H,2-10H2,1H3. The van der Waals surface area contributed by atoms with Gasteiger partial charge in [0, 0.05) is 12.6 Å². The van der Waals surface area contributed by atoms with Crippen LogP contribution in [0.15, 0.2) is 0 Å². The van der Waals surface area contributed by atoms with Crippen LogP contribution in [0.1, 0.15) is 58.3 Å². The quantitative estimate of drug-likeness (QED) is 0.727. The Morgan fingerprint density at radius 3 is 2.59 bits per heavy atom. The summed E-state index contributed by atoms with van der Waals surface area (Å²) in [5, 5.41) is 0. The van der Waals surface area contributed by atoms with Gasteiger partial charge in [-0.25, -0.2) is 0 Å². The van der Waals surface area contributed by atoms with Crippen LogP contribution in [0.5, 0.6) is 0 Å². The molecule has 1 amide bonds. The van der Waals surface area contributed by atoms with E-state index >= 15 is 0 Å². The second kappa shape index (κ2) is 6.21. The number of carbonyl (C=O) groups excluding carboxylic acids is 1. The molecule has 1 saturated carbocycles. The fourth-order valence-electron chi connectivity index (χ4n) is 3.43. The van der Waals surface area contributed by atoms with Crippen molar-refractivity contribution >= 4 is 21.8 Å². The minimum absolute atomic E-state index is 0.0340. The van der Waals surface area contributed by atoms with E-state index in [1.165, 1.54) is 44.9 Å². The Hall–Kier alpha value is -0.0500. The summed E-state index contributed by atoms with van der Waals surface area (Å²) >= 11 is 3.51. The summed E-state index contributed by atoms with van der Waals surface area (Å²) in [6.07, 6.45) is 10.2. The Kier molecular flexibility index (Phi) is 4.89. The summed E-state index contributed by atoms with van der Waals surface area (Å²) in [6.45, 7) is 3.06. The molecule has 0 aromatic carbocycles. The summed E-state index contributed by atoms with van der Waals surface area (Å²) in [7, 11) is 0. The molecule has 2 atom stereocenters. The zero-order valence-corrected chi connectivity index (χ0v) is 12.4.